The number of amides is 1. The van der Waals surface area contributed by atoms with Gasteiger partial charge < -0.3 is 9.73 Å². The topological polar surface area (TPSA) is 85.8 Å². The van der Waals surface area contributed by atoms with Gasteiger partial charge in [0, 0.05) is 17.6 Å². The zero-order chi connectivity index (χ0) is 23.3. The summed E-state index contributed by atoms with van der Waals surface area (Å²) < 4.78 is 20.5. The lowest BCUT2D eigenvalue weighted by Gasteiger charge is -2.08. The minimum atomic E-state index is -0.309. The highest BCUT2D eigenvalue weighted by Crippen LogP contribution is 2.30. The average molecular weight is 492 g/mol. The summed E-state index contributed by atoms with van der Waals surface area (Å²) in [5, 5.41) is 14.7. The third kappa shape index (κ3) is 4.92. The zero-order valence-electron chi connectivity index (χ0n) is 17.7. The second-order valence-corrected chi connectivity index (χ2v) is 9.06. The predicted molar refractivity (Wildman–Crippen MR) is 128 cm³/mol. The second kappa shape index (κ2) is 10.0. The quantitative estimate of drug-likeness (QED) is 0.295. The normalized spacial score (nSPS) is 11.0. The Morgan fingerprint density at radius 2 is 1.88 bits per heavy atom. The van der Waals surface area contributed by atoms with Crippen molar-refractivity contribution in [1.82, 2.24) is 25.1 Å². The summed E-state index contributed by atoms with van der Waals surface area (Å²) in [6.07, 6.45) is 1.60. The molecule has 34 heavy (non-hydrogen) atoms. The lowest BCUT2D eigenvalue weighted by atomic mass is 10.2. The van der Waals surface area contributed by atoms with Crippen LogP contribution in [0.25, 0.3) is 17.3 Å². The van der Waals surface area contributed by atoms with E-state index in [2.05, 4.69) is 20.5 Å². The third-order valence-corrected chi connectivity index (χ3v) is 6.84. The van der Waals surface area contributed by atoms with Gasteiger partial charge in [-0.25, -0.2) is 9.37 Å². The zero-order valence-corrected chi connectivity index (χ0v) is 19.4. The molecule has 0 bridgehead atoms. The van der Waals surface area contributed by atoms with E-state index in [1.165, 1.54) is 35.2 Å². The monoisotopic (exact) mass is 491 g/mol. The Labute approximate surface area is 202 Å². The molecular weight excluding hydrogens is 473 g/mol. The van der Waals surface area contributed by atoms with Gasteiger partial charge in [0.2, 0.25) is 5.82 Å². The SMILES string of the molecule is O=C(NCc1ccc(F)cc1)c1csc(CSc2nnc(-c3ccco3)n2-c2ccccc2)n1. The molecule has 0 aliphatic rings. The Kier molecular flexibility index (Phi) is 6.50. The van der Waals surface area contributed by atoms with Crippen LogP contribution in [0.3, 0.4) is 0 Å². The molecular formula is C24H18FN5O2S2. The van der Waals surface area contributed by atoms with Crippen molar-refractivity contribution in [2.24, 2.45) is 0 Å². The number of nitrogens with one attached hydrogen (secondary N) is 1. The number of halogens is 1. The number of furan rings is 1. The lowest BCUT2D eigenvalue weighted by molar-refractivity contribution is 0.0946. The van der Waals surface area contributed by atoms with E-state index in [9.17, 15) is 9.18 Å². The van der Waals surface area contributed by atoms with Crippen LogP contribution in [0.15, 0.2) is 87.9 Å². The highest BCUT2D eigenvalue weighted by molar-refractivity contribution is 7.98. The molecule has 0 radical (unpaired) electrons. The standard InChI is InChI=1S/C24H18FN5O2S2/c25-17-10-8-16(9-11-17)13-26-23(31)19-14-33-21(27-19)15-34-24-29-28-22(20-7-4-12-32-20)30(24)18-5-2-1-3-6-18/h1-12,14H,13,15H2,(H,26,31). The molecule has 0 unspecified atom stereocenters. The van der Waals surface area contributed by atoms with Crippen LogP contribution in [-0.4, -0.2) is 25.7 Å². The molecule has 10 heteroatoms. The van der Waals surface area contributed by atoms with Crippen molar-refractivity contribution in [3.05, 3.63) is 100 Å². The van der Waals surface area contributed by atoms with E-state index in [1.54, 1.807) is 23.8 Å². The van der Waals surface area contributed by atoms with Crippen LogP contribution in [0.4, 0.5) is 4.39 Å². The van der Waals surface area contributed by atoms with Gasteiger partial charge in [-0.05, 0) is 42.0 Å². The predicted octanol–water partition coefficient (Wildman–Crippen LogP) is 5.35. The van der Waals surface area contributed by atoms with Crippen LogP contribution in [0.2, 0.25) is 0 Å². The van der Waals surface area contributed by atoms with Crippen LogP contribution in [0.5, 0.6) is 0 Å². The Morgan fingerprint density at radius 1 is 1.06 bits per heavy atom. The van der Waals surface area contributed by atoms with Crippen molar-refractivity contribution in [2.45, 2.75) is 17.5 Å². The molecule has 0 fully saturated rings. The van der Waals surface area contributed by atoms with E-state index >= 15 is 0 Å². The average Bonchev–Trinajstić information content (AvgIpc) is 3.63. The summed E-state index contributed by atoms with van der Waals surface area (Å²) in [5.74, 6) is 1.18. The van der Waals surface area contributed by atoms with E-state index in [-0.39, 0.29) is 11.7 Å². The summed E-state index contributed by atoms with van der Waals surface area (Å²) in [6.45, 7) is 0.302. The number of rotatable bonds is 8. The van der Waals surface area contributed by atoms with Gasteiger partial charge >= 0.3 is 0 Å². The second-order valence-electron chi connectivity index (χ2n) is 7.18. The molecule has 3 heterocycles. The molecule has 0 aliphatic heterocycles. The number of hydrogen-bond donors (Lipinski definition) is 1. The van der Waals surface area contributed by atoms with Crippen molar-refractivity contribution in [2.75, 3.05) is 0 Å². The van der Waals surface area contributed by atoms with E-state index in [0.29, 0.717) is 34.7 Å². The molecule has 7 nitrogen and oxygen atoms in total. The Hall–Kier alpha value is -3.76. The first-order valence-electron chi connectivity index (χ1n) is 10.3. The van der Waals surface area contributed by atoms with Crippen LogP contribution >= 0.6 is 23.1 Å². The van der Waals surface area contributed by atoms with E-state index in [4.69, 9.17) is 4.42 Å². The van der Waals surface area contributed by atoms with Gasteiger partial charge in [0.05, 0.1) is 12.0 Å². The van der Waals surface area contributed by atoms with Gasteiger partial charge in [0.25, 0.3) is 5.91 Å². The van der Waals surface area contributed by atoms with Crippen molar-refractivity contribution < 1.29 is 13.6 Å². The van der Waals surface area contributed by atoms with Gasteiger partial charge in [-0.3, -0.25) is 9.36 Å². The Bertz CT molecular complexity index is 1380. The van der Waals surface area contributed by atoms with E-state index in [0.717, 1.165) is 16.3 Å². The first-order chi connectivity index (χ1) is 16.7. The number of aromatic nitrogens is 4. The fraction of sp³-hybridized carbons (Fsp3) is 0.0833. The number of carbonyl (C=O) groups excluding carboxylic acids is 1. The number of thiazole rings is 1. The Balaban J connectivity index is 1.28. The summed E-state index contributed by atoms with van der Waals surface area (Å²) in [4.78, 5) is 16.9. The molecule has 0 saturated heterocycles. The molecule has 2 aromatic carbocycles. The highest BCUT2D eigenvalue weighted by Gasteiger charge is 2.19. The molecule has 170 valence electrons. The van der Waals surface area contributed by atoms with Gasteiger partial charge in [0.1, 0.15) is 16.5 Å². The summed E-state index contributed by atoms with van der Waals surface area (Å²) in [5.41, 5.74) is 2.08. The molecule has 0 saturated carbocycles. The van der Waals surface area contributed by atoms with Crippen molar-refractivity contribution >= 4 is 29.0 Å². The minimum absolute atomic E-state index is 0.274. The minimum Gasteiger partial charge on any atom is -0.461 e. The molecule has 1 N–H and O–H groups in total. The lowest BCUT2D eigenvalue weighted by Crippen LogP contribution is -2.23. The highest BCUT2D eigenvalue weighted by atomic mass is 32.2. The molecule has 3 aromatic heterocycles. The van der Waals surface area contributed by atoms with Gasteiger partial charge in [-0.15, -0.1) is 21.5 Å². The molecule has 0 atom stereocenters. The largest absolute Gasteiger partial charge is 0.461 e. The fourth-order valence-corrected chi connectivity index (χ4v) is 4.97. The number of carbonyl (C=O) groups is 1. The van der Waals surface area contributed by atoms with Crippen LogP contribution in [0.1, 0.15) is 21.1 Å². The molecule has 1 amide bonds. The summed E-state index contributed by atoms with van der Waals surface area (Å²) in [6, 6.07) is 19.5. The van der Waals surface area contributed by atoms with E-state index < -0.39 is 0 Å². The maximum absolute atomic E-state index is 13.0. The molecule has 5 rings (SSSR count). The fourth-order valence-electron chi connectivity index (χ4n) is 3.22. The Morgan fingerprint density at radius 3 is 2.65 bits per heavy atom. The molecule has 0 spiro atoms. The van der Waals surface area contributed by atoms with Gasteiger partial charge in [-0.1, -0.05) is 42.1 Å². The first-order valence-corrected chi connectivity index (χ1v) is 12.2. The number of thioether (sulfide) groups is 1. The molecule has 5 aromatic rings. The van der Waals surface area contributed by atoms with Crippen LogP contribution in [0, 0.1) is 5.82 Å². The van der Waals surface area contributed by atoms with Gasteiger partial charge in [0.15, 0.2) is 10.9 Å². The maximum atomic E-state index is 13.0. The van der Waals surface area contributed by atoms with Gasteiger partial charge in [-0.2, -0.15) is 0 Å². The van der Waals surface area contributed by atoms with Crippen molar-refractivity contribution in [3.8, 4) is 17.3 Å². The van der Waals surface area contributed by atoms with Crippen molar-refractivity contribution in [3.63, 3.8) is 0 Å². The number of para-hydroxylation sites is 1. The molecule has 0 aliphatic carbocycles. The first kappa shape index (κ1) is 22.1. The van der Waals surface area contributed by atoms with Crippen LogP contribution in [-0.2, 0) is 12.3 Å². The van der Waals surface area contributed by atoms with E-state index in [1.807, 2.05) is 47.0 Å². The van der Waals surface area contributed by atoms with Crippen molar-refractivity contribution in [1.29, 1.82) is 0 Å². The maximum Gasteiger partial charge on any atom is 0.271 e. The van der Waals surface area contributed by atoms with Crippen LogP contribution < -0.4 is 5.32 Å². The third-order valence-electron chi connectivity index (χ3n) is 4.86. The number of hydrogen-bond acceptors (Lipinski definition) is 7. The number of nitrogens with zero attached hydrogens (tertiary/aromatic N) is 4. The summed E-state index contributed by atoms with van der Waals surface area (Å²) >= 11 is 2.89. The number of benzene rings is 2. The summed E-state index contributed by atoms with van der Waals surface area (Å²) in [7, 11) is 0. The smallest absolute Gasteiger partial charge is 0.271 e.